The number of aliphatic hydroxyl groups is 1. The number of aliphatic hydroxyl groups excluding tert-OH is 1. The van der Waals surface area contributed by atoms with Crippen molar-refractivity contribution in [3.8, 4) is 0 Å². The van der Waals surface area contributed by atoms with E-state index >= 15 is 0 Å². The number of carbonyl (C=O) groups is 1. The van der Waals surface area contributed by atoms with Gasteiger partial charge in [-0.3, -0.25) is 9.48 Å². The maximum absolute atomic E-state index is 12.1. The molecule has 5 heteroatoms. The molecule has 0 radical (unpaired) electrons. The molecule has 1 saturated carbocycles. The smallest absolute Gasteiger partial charge is 0.254 e. The Bertz CT molecular complexity index is 403. The van der Waals surface area contributed by atoms with E-state index in [1.54, 1.807) is 17.1 Å². The van der Waals surface area contributed by atoms with Crippen LogP contribution in [0.15, 0.2) is 12.4 Å². The summed E-state index contributed by atoms with van der Waals surface area (Å²) in [5.41, 5.74) is 0.596. The van der Waals surface area contributed by atoms with Gasteiger partial charge in [0.1, 0.15) is 0 Å². The van der Waals surface area contributed by atoms with Crippen molar-refractivity contribution in [2.24, 2.45) is 5.92 Å². The summed E-state index contributed by atoms with van der Waals surface area (Å²) < 4.78 is 1.74. The summed E-state index contributed by atoms with van der Waals surface area (Å²) in [6, 6.07) is 0.0984. The van der Waals surface area contributed by atoms with Crippen molar-refractivity contribution in [2.75, 3.05) is 6.61 Å². The van der Waals surface area contributed by atoms with E-state index in [4.69, 9.17) is 0 Å². The van der Waals surface area contributed by atoms with E-state index in [2.05, 4.69) is 10.4 Å². The quantitative estimate of drug-likeness (QED) is 0.844. The van der Waals surface area contributed by atoms with E-state index in [1.165, 1.54) is 0 Å². The number of hydrogen-bond donors (Lipinski definition) is 2. The van der Waals surface area contributed by atoms with E-state index in [9.17, 15) is 9.90 Å². The summed E-state index contributed by atoms with van der Waals surface area (Å²) in [4.78, 5) is 12.1. The average molecular weight is 251 g/mol. The van der Waals surface area contributed by atoms with Crippen molar-refractivity contribution >= 4 is 5.91 Å². The van der Waals surface area contributed by atoms with Crippen molar-refractivity contribution < 1.29 is 9.90 Å². The minimum atomic E-state index is -0.0833. The Labute approximate surface area is 107 Å². The van der Waals surface area contributed by atoms with Crippen LogP contribution in [0.25, 0.3) is 0 Å². The topological polar surface area (TPSA) is 67.2 Å². The molecule has 2 unspecified atom stereocenters. The molecule has 5 nitrogen and oxygen atoms in total. The third kappa shape index (κ3) is 2.90. The Kier molecular flexibility index (Phi) is 4.36. The zero-order valence-electron chi connectivity index (χ0n) is 10.8. The van der Waals surface area contributed by atoms with Crippen LogP contribution >= 0.6 is 0 Å². The number of amides is 1. The van der Waals surface area contributed by atoms with Crippen molar-refractivity contribution in [3.63, 3.8) is 0 Å². The highest BCUT2D eigenvalue weighted by atomic mass is 16.3. The van der Waals surface area contributed by atoms with E-state index in [0.717, 1.165) is 32.2 Å². The van der Waals surface area contributed by atoms with Crippen LogP contribution in [0.5, 0.6) is 0 Å². The lowest BCUT2D eigenvalue weighted by Gasteiger charge is -2.30. The molecule has 1 heterocycles. The van der Waals surface area contributed by atoms with Crippen LogP contribution < -0.4 is 5.32 Å². The van der Waals surface area contributed by atoms with Gasteiger partial charge in [-0.1, -0.05) is 12.8 Å². The summed E-state index contributed by atoms with van der Waals surface area (Å²) in [7, 11) is 0. The number of aromatic nitrogens is 2. The number of hydrogen-bond acceptors (Lipinski definition) is 3. The predicted molar refractivity (Wildman–Crippen MR) is 68.2 cm³/mol. The van der Waals surface area contributed by atoms with Crippen LogP contribution in [0.1, 0.15) is 43.0 Å². The molecule has 2 rings (SSSR count). The van der Waals surface area contributed by atoms with Gasteiger partial charge >= 0.3 is 0 Å². The minimum absolute atomic E-state index is 0.0833. The molecule has 2 atom stereocenters. The minimum Gasteiger partial charge on any atom is -0.396 e. The van der Waals surface area contributed by atoms with Gasteiger partial charge in [-0.05, 0) is 19.8 Å². The van der Waals surface area contributed by atoms with Crippen molar-refractivity contribution in [3.05, 3.63) is 18.0 Å². The van der Waals surface area contributed by atoms with Gasteiger partial charge in [0.25, 0.3) is 5.91 Å². The number of aryl methyl sites for hydroxylation is 1. The fraction of sp³-hybridized carbons (Fsp3) is 0.692. The second kappa shape index (κ2) is 6.00. The molecular weight excluding hydrogens is 230 g/mol. The van der Waals surface area contributed by atoms with E-state index in [1.807, 2.05) is 6.92 Å². The molecule has 100 valence electrons. The summed E-state index contributed by atoms with van der Waals surface area (Å²) in [5.74, 6) is 0.115. The molecule has 1 aliphatic carbocycles. The lowest BCUT2D eigenvalue weighted by Crippen LogP contribution is -2.43. The Morgan fingerprint density at radius 2 is 2.33 bits per heavy atom. The van der Waals surface area contributed by atoms with Gasteiger partial charge < -0.3 is 10.4 Å². The van der Waals surface area contributed by atoms with Crippen LogP contribution in [0, 0.1) is 5.92 Å². The molecule has 1 amide bonds. The molecule has 0 bridgehead atoms. The first-order valence-electron chi connectivity index (χ1n) is 6.68. The van der Waals surface area contributed by atoms with Gasteiger partial charge in [-0.15, -0.1) is 0 Å². The molecule has 18 heavy (non-hydrogen) atoms. The Hall–Kier alpha value is -1.36. The average Bonchev–Trinajstić information content (AvgIpc) is 2.88. The van der Waals surface area contributed by atoms with Gasteiger partial charge in [-0.2, -0.15) is 5.10 Å². The second-order valence-corrected chi connectivity index (χ2v) is 4.89. The first-order chi connectivity index (χ1) is 8.74. The van der Waals surface area contributed by atoms with Crippen LogP contribution in [0.4, 0.5) is 0 Å². The second-order valence-electron chi connectivity index (χ2n) is 4.89. The van der Waals surface area contributed by atoms with E-state index < -0.39 is 0 Å². The number of rotatable bonds is 4. The number of nitrogens with one attached hydrogen (secondary N) is 1. The summed E-state index contributed by atoms with van der Waals surface area (Å²) >= 11 is 0. The van der Waals surface area contributed by atoms with Crippen LogP contribution in [0.2, 0.25) is 0 Å². The normalized spacial score (nSPS) is 23.9. The highest BCUT2D eigenvalue weighted by Gasteiger charge is 2.26. The SMILES string of the molecule is CCn1cc(C(=O)NC2CCCCC2CO)cn1. The maximum Gasteiger partial charge on any atom is 0.254 e. The molecule has 1 aromatic rings. The van der Waals surface area contributed by atoms with Gasteiger partial charge in [0.15, 0.2) is 0 Å². The lowest BCUT2D eigenvalue weighted by atomic mass is 9.85. The van der Waals surface area contributed by atoms with Crippen LogP contribution in [0.3, 0.4) is 0 Å². The maximum atomic E-state index is 12.1. The first kappa shape index (κ1) is 13.1. The lowest BCUT2D eigenvalue weighted by molar-refractivity contribution is 0.0872. The first-order valence-corrected chi connectivity index (χ1v) is 6.68. The Morgan fingerprint density at radius 3 is 3.00 bits per heavy atom. The fourth-order valence-corrected chi connectivity index (χ4v) is 2.52. The molecule has 0 spiro atoms. The molecular formula is C13H21N3O2. The van der Waals surface area contributed by atoms with Gasteiger partial charge in [0.05, 0.1) is 11.8 Å². The Morgan fingerprint density at radius 1 is 1.56 bits per heavy atom. The van der Waals surface area contributed by atoms with Gasteiger partial charge in [-0.25, -0.2) is 0 Å². The van der Waals surface area contributed by atoms with E-state index in [-0.39, 0.29) is 24.5 Å². The highest BCUT2D eigenvalue weighted by molar-refractivity contribution is 5.93. The molecule has 0 aliphatic heterocycles. The van der Waals surface area contributed by atoms with Crippen molar-refractivity contribution in [1.29, 1.82) is 0 Å². The summed E-state index contributed by atoms with van der Waals surface area (Å²) in [6.07, 6.45) is 7.57. The predicted octanol–water partition coefficient (Wildman–Crippen LogP) is 1.18. The zero-order chi connectivity index (χ0) is 13.0. The zero-order valence-corrected chi connectivity index (χ0v) is 10.8. The molecule has 1 fully saturated rings. The van der Waals surface area contributed by atoms with Crippen molar-refractivity contribution in [2.45, 2.75) is 45.2 Å². The third-order valence-electron chi connectivity index (χ3n) is 3.68. The Balaban J connectivity index is 1.97. The monoisotopic (exact) mass is 251 g/mol. The molecule has 2 N–H and O–H groups in total. The molecule has 1 aliphatic rings. The molecule has 0 saturated heterocycles. The van der Waals surface area contributed by atoms with Gasteiger partial charge in [0, 0.05) is 31.3 Å². The standard InChI is InChI=1S/C13H21N3O2/c1-2-16-8-11(7-14-16)13(18)15-12-6-4-3-5-10(12)9-17/h7-8,10,12,17H,2-6,9H2,1H3,(H,15,18). The molecule has 0 aromatic carbocycles. The summed E-state index contributed by atoms with van der Waals surface area (Å²) in [5, 5.41) is 16.4. The molecule has 1 aromatic heterocycles. The van der Waals surface area contributed by atoms with E-state index in [0.29, 0.717) is 5.56 Å². The number of nitrogens with zero attached hydrogens (tertiary/aromatic N) is 2. The third-order valence-corrected chi connectivity index (χ3v) is 3.68. The number of carbonyl (C=O) groups excluding carboxylic acids is 1. The van der Waals surface area contributed by atoms with Crippen molar-refractivity contribution in [1.82, 2.24) is 15.1 Å². The summed E-state index contributed by atoms with van der Waals surface area (Å²) in [6.45, 7) is 2.90. The fourth-order valence-electron chi connectivity index (χ4n) is 2.52. The largest absolute Gasteiger partial charge is 0.396 e. The van der Waals surface area contributed by atoms with Crippen LogP contribution in [-0.4, -0.2) is 33.4 Å². The van der Waals surface area contributed by atoms with Gasteiger partial charge in [0.2, 0.25) is 0 Å². The highest BCUT2D eigenvalue weighted by Crippen LogP contribution is 2.24. The van der Waals surface area contributed by atoms with Crippen LogP contribution in [-0.2, 0) is 6.54 Å².